The van der Waals surface area contributed by atoms with Crippen molar-refractivity contribution >= 4 is 0 Å². The fraction of sp³-hybridized carbons (Fsp3) is 0.643. The number of nitrogens with zero attached hydrogens (tertiary/aromatic N) is 1. The van der Waals surface area contributed by atoms with Crippen LogP contribution in [0.5, 0.6) is 0 Å². The lowest BCUT2D eigenvalue weighted by Crippen LogP contribution is -2.16. The first-order valence-electron chi connectivity index (χ1n) is 6.11. The molecule has 2 nitrogen and oxygen atoms in total. The van der Waals surface area contributed by atoms with Crippen LogP contribution < -0.4 is 0 Å². The maximum absolute atomic E-state index is 5.38. The molecule has 2 heterocycles. The molecule has 0 spiro atoms. The summed E-state index contributed by atoms with van der Waals surface area (Å²) in [6, 6.07) is 4.41. The molecular weight excluding hydrogens is 198 g/mol. The maximum atomic E-state index is 5.38. The Morgan fingerprint density at radius 3 is 2.38 bits per heavy atom. The van der Waals surface area contributed by atoms with E-state index in [2.05, 4.69) is 44.1 Å². The molecule has 1 aromatic rings. The first-order chi connectivity index (χ1) is 7.57. The second-order valence-electron chi connectivity index (χ2n) is 5.61. The molecule has 88 valence electrons. The molecule has 0 aromatic carbocycles. The van der Waals surface area contributed by atoms with Gasteiger partial charge in [0.05, 0.1) is 0 Å². The standard InChI is InChI=1S/C14H21NO/c1-14(2,3)13-5-4-12(10-15-13)11-6-8-16-9-7-11/h4-5,10-11H,6-9H2,1-3H3. The van der Waals surface area contributed by atoms with Gasteiger partial charge in [-0.2, -0.15) is 0 Å². The minimum absolute atomic E-state index is 0.147. The molecule has 0 unspecified atom stereocenters. The van der Waals surface area contributed by atoms with Crippen LogP contribution in [0.25, 0.3) is 0 Å². The van der Waals surface area contributed by atoms with E-state index in [1.54, 1.807) is 0 Å². The van der Waals surface area contributed by atoms with Gasteiger partial charge >= 0.3 is 0 Å². The molecule has 2 rings (SSSR count). The molecule has 0 amide bonds. The topological polar surface area (TPSA) is 22.1 Å². The van der Waals surface area contributed by atoms with Gasteiger partial charge < -0.3 is 4.74 Å². The Balaban J connectivity index is 2.12. The fourth-order valence-electron chi connectivity index (χ4n) is 2.12. The van der Waals surface area contributed by atoms with Gasteiger partial charge in [0, 0.05) is 30.5 Å². The molecule has 0 N–H and O–H groups in total. The zero-order valence-electron chi connectivity index (χ0n) is 10.5. The predicted molar refractivity (Wildman–Crippen MR) is 65.7 cm³/mol. The molecule has 2 heteroatoms. The van der Waals surface area contributed by atoms with E-state index in [1.165, 1.54) is 11.3 Å². The molecule has 1 fully saturated rings. The normalized spacial score (nSPS) is 18.7. The van der Waals surface area contributed by atoms with E-state index >= 15 is 0 Å². The van der Waals surface area contributed by atoms with E-state index in [-0.39, 0.29) is 5.41 Å². The van der Waals surface area contributed by atoms with Gasteiger partial charge in [0.1, 0.15) is 0 Å². The van der Waals surface area contributed by atoms with Gasteiger partial charge in [-0.1, -0.05) is 26.8 Å². The third-order valence-electron chi connectivity index (χ3n) is 3.25. The Hall–Kier alpha value is -0.890. The first-order valence-corrected chi connectivity index (χ1v) is 6.11. The number of hydrogen-bond acceptors (Lipinski definition) is 2. The van der Waals surface area contributed by atoms with Gasteiger partial charge in [-0.05, 0) is 30.4 Å². The third kappa shape index (κ3) is 2.62. The summed E-state index contributed by atoms with van der Waals surface area (Å²) in [6.07, 6.45) is 4.32. The molecular formula is C14H21NO. The zero-order valence-corrected chi connectivity index (χ0v) is 10.5. The van der Waals surface area contributed by atoms with Crippen LogP contribution in [-0.2, 0) is 10.2 Å². The van der Waals surface area contributed by atoms with E-state index in [9.17, 15) is 0 Å². The van der Waals surface area contributed by atoms with Crippen molar-refractivity contribution in [3.63, 3.8) is 0 Å². The summed E-state index contributed by atoms with van der Waals surface area (Å²) in [5, 5.41) is 0. The van der Waals surface area contributed by atoms with Gasteiger partial charge in [0.25, 0.3) is 0 Å². The van der Waals surface area contributed by atoms with E-state index in [0.29, 0.717) is 5.92 Å². The maximum Gasteiger partial charge on any atom is 0.0471 e. The Morgan fingerprint density at radius 2 is 1.88 bits per heavy atom. The minimum atomic E-state index is 0.147. The third-order valence-corrected chi connectivity index (χ3v) is 3.25. The summed E-state index contributed by atoms with van der Waals surface area (Å²) in [7, 11) is 0. The van der Waals surface area contributed by atoms with E-state index in [4.69, 9.17) is 4.74 Å². The van der Waals surface area contributed by atoms with Crippen molar-refractivity contribution in [3.8, 4) is 0 Å². The van der Waals surface area contributed by atoms with Crippen molar-refractivity contribution < 1.29 is 4.74 Å². The second kappa shape index (κ2) is 4.54. The Bertz CT molecular complexity index is 331. The summed E-state index contributed by atoms with van der Waals surface area (Å²) in [5.74, 6) is 0.648. The van der Waals surface area contributed by atoms with Crippen molar-refractivity contribution in [2.75, 3.05) is 13.2 Å². The second-order valence-corrected chi connectivity index (χ2v) is 5.61. The number of rotatable bonds is 1. The van der Waals surface area contributed by atoms with Crippen LogP contribution in [0.4, 0.5) is 0 Å². The Morgan fingerprint density at radius 1 is 1.19 bits per heavy atom. The van der Waals surface area contributed by atoms with Gasteiger partial charge in [0.15, 0.2) is 0 Å². The molecule has 1 aliphatic rings. The number of hydrogen-bond donors (Lipinski definition) is 0. The van der Waals surface area contributed by atoms with E-state index < -0.39 is 0 Å². The first kappa shape index (κ1) is 11.6. The average Bonchev–Trinajstić information content (AvgIpc) is 2.29. The van der Waals surface area contributed by atoms with Crippen LogP contribution in [0.15, 0.2) is 18.3 Å². The lowest BCUT2D eigenvalue weighted by molar-refractivity contribution is 0.0852. The van der Waals surface area contributed by atoms with E-state index in [1.807, 2.05) is 0 Å². The fourth-order valence-corrected chi connectivity index (χ4v) is 2.12. The van der Waals surface area contributed by atoms with Gasteiger partial charge in [-0.15, -0.1) is 0 Å². The highest BCUT2D eigenvalue weighted by Crippen LogP contribution is 2.27. The highest BCUT2D eigenvalue weighted by Gasteiger charge is 2.18. The van der Waals surface area contributed by atoms with Crippen molar-refractivity contribution in [2.45, 2.75) is 44.9 Å². The lowest BCUT2D eigenvalue weighted by atomic mass is 9.89. The van der Waals surface area contributed by atoms with Crippen LogP contribution in [-0.4, -0.2) is 18.2 Å². The van der Waals surface area contributed by atoms with Crippen LogP contribution in [0.1, 0.15) is 50.8 Å². The van der Waals surface area contributed by atoms with E-state index in [0.717, 1.165) is 26.1 Å². The van der Waals surface area contributed by atoms with Crippen LogP contribution in [0, 0.1) is 0 Å². The lowest BCUT2D eigenvalue weighted by Gasteiger charge is -2.23. The van der Waals surface area contributed by atoms with Gasteiger partial charge in [-0.3, -0.25) is 4.98 Å². The van der Waals surface area contributed by atoms with Crippen molar-refractivity contribution in [2.24, 2.45) is 0 Å². The molecule has 1 aliphatic heterocycles. The Kier molecular flexibility index (Phi) is 3.29. The van der Waals surface area contributed by atoms with Crippen LogP contribution >= 0.6 is 0 Å². The largest absolute Gasteiger partial charge is 0.381 e. The summed E-state index contributed by atoms with van der Waals surface area (Å²) in [4.78, 5) is 4.58. The number of aromatic nitrogens is 1. The molecule has 0 radical (unpaired) electrons. The highest BCUT2D eigenvalue weighted by molar-refractivity contribution is 5.22. The molecule has 0 bridgehead atoms. The van der Waals surface area contributed by atoms with Gasteiger partial charge in [-0.25, -0.2) is 0 Å². The summed E-state index contributed by atoms with van der Waals surface area (Å²) >= 11 is 0. The minimum Gasteiger partial charge on any atom is -0.381 e. The predicted octanol–water partition coefficient (Wildman–Crippen LogP) is 3.27. The number of ether oxygens (including phenoxy) is 1. The molecule has 0 aliphatic carbocycles. The molecule has 0 atom stereocenters. The van der Waals surface area contributed by atoms with Crippen LogP contribution in [0.2, 0.25) is 0 Å². The quantitative estimate of drug-likeness (QED) is 0.723. The highest BCUT2D eigenvalue weighted by atomic mass is 16.5. The summed E-state index contributed by atoms with van der Waals surface area (Å²) in [6.45, 7) is 8.38. The van der Waals surface area contributed by atoms with Crippen LogP contribution in [0.3, 0.4) is 0 Å². The SMILES string of the molecule is CC(C)(C)c1ccc(C2CCOCC2)cn1. The molecule has 1 saturated heterocycles. The molecule has 1 aromatic heterocycles. The van der Waals surface area contributed by atoms with Crippen molar-refractivity contribution in [1.82, 2.24) is 4.98 Å². The monoisotopic (exact) mass is 219 g/mol. The smallest absolute Gasteiger partial charge is 0.0471 e. The van der Waals surface area contributed by atoms with Gasteiger partial charge in [0.2, 0.25) is 0 Å². The Labute approximate surface area is 98.0 Å². The zero-order chi connectivity index (χ0) is 11.6. The number of pyridine rings is 1. The average molecular weight is 219 g/mol. The molecule has 16 heavy (non-hydrogen) atoms. The summed E-state index contributed by atoms with van der Waals surface area (Å²) < 4.78 is 5.38. The summed E-state index contributed by atoms with van der Waals surface area (Å²) in [5.41, 5.74) is 2.69. The van der Waals surface area contributed by atoms with Crippen molar-refractivity contribution in [1.29, 1.82) is 0 Å². The van der Waals surface area contributed by atoms with Crippen molar-refractivity contribution in [3.05, 3.63) is 29.6 Å². The molecule has 0 saturated carbocycles.